The molecule has 1 N–H and O–H groups in total. The third-order valence-corrected chi connectivity index (χ3v) is 3.83. The average Bonchev–Trinajstić information content (AvgIpc) is 2.43. The largest absolute Gasteiger partial charge is 0.381 e. The molecule has 1 aromatic rings. The van der Waals surface area contributed by atoms with Gasteiger partial charge < -0.3 is 14.8 Å². The summed E-state index contributed by atoms with van der Waals surface area (Å²) in [6, 6.07) is 4.32. The molecule has 4 heteroatoms. The molecular formula is C14H22N2O2. The van der Waals surface area contributed by atoms with E-state index in [2.05, 4.69) is 16.4 Å². The third kappa shape index (κ3) is 2.55. The summed E-state index contributed by atoms with van der Waals surface area (Å²) in [6.45, 7) is 3.51. The molecule has 1 aliphatic heterocycles. The summed E-state index contributed by atoms with van der Waals surface area (Å²) in [6.07, 6.45) is 3.75. The van der Waals surface area contributed by atoms with Gasteiger partial charge in [0.15, 0.2) is 0 Å². The van der Waals surface area contributed by atoms with E-state index in [0.717, 1.165) is 31.7 Å². The highest BCUT2D eigenvalue weighted by molar-refractivity contribution is 5.21. The van der Waals surface area contributed by atoms with E-state index in [9.17, 15) is 0 Å². The highest BCUT2D eigenvalue weighted by Crippen LogP contribution is 2.36. The van der Waals surface area contributed by atoms with Crippen molar-refractivity contribution in [2.75, 3.05) is 27.4 Å². The number of nitrogens with one attached hydrogen (secondary N) is 1. The summed E-state index contributed by atoms with van der Waals surface area (Å²) in [5, 5.41) is 3.38. The standard InChI is InChI=1S/C14H22N2O2/c1-11-4-5-12(10-16-11)13(15-2)14(17-3)6-8-18-9-7-14/h4-5,10,13,15H,6-9H2,1-3H3. The molecule has 0 bridgehead atoms. The van der Waals surface area contributed by atoms with Crippen molar-refractivity contribution in [2.24, 2.45) is 0 Å². The number of nitrogens with zero attached hydrogens (tertiary/aromatic N) is 1. The summed E-state index contributed by atoms with van der Waals surface area (Å²) in [5.74, 6) is 0. The molecule has 0 radical (unpaired) electrons. The Bertz CT molecular complexity index is 372. The maximum absolute atomic E-state index is 5.85. The summed E-state index contributed by atoms with van der Waals surface area (Å²) < 4.78 is 11.3. The molecule has 18 heavy (non-hydrogen) atoms. The first-order valence-electron chi connectivity index (χ1n) is 6.44. The molecule has 2 rings (SSSR count). The molecule has 0 aliphatic carbocycles. The van der Waals surface area contributed by atoms with Gasteiger partial charge in [-0.3, -0.25) is 4.98 Å². The van der Waals surface area contributed by atoms with Gasteiger partial charge in [-0.25, -0.2) is 0 Å². The van der Waals surface area contributed by atoms with Gasteiger partial charge in [-0.15, -0.1) is 0 Å². The number of pyridine rings is 1. The number of aryl methyl sites for hydroxylation is 1. The molecule has 0 spiro atoms. The second-order valence-electron chi connectivity index (χ2n) is 4.84. The number of hydrogen-bond acceptors (Lipinski definition) is 4. The van der Waals surface area contributed by atoms with Gasteiger partial charge in [-0.1, -0.05) is 6.07 Å². The van der Waals surface area contributed by atoms with E-state index in [4.69, 9.17) is 9.47 Å². The number of ether oxygens (including phenoxy) is 2. The Labute approximate surface area is 109 Å². The van der Waals surface area contributed by atoms with Crippen LogP contribution in [0.2, 0.25) is 0 Å². The number of likely N-dealkylation sites (N-methyl/N-ethyl adjacent to an activating group) is 1. The average molecular weight is 250 g/mol. The van der Waals surface area contributed by atoms with E-state index in [0.29, 0.717) is 0 Å². The first kappa shape index (κ1) is 13.5. The van der Waals surface area contributed by atoms with Crippen LogP contribution in [0.4, 0.5) is 0 Å². The first-order chi connectivity index (χ1) is 8.72. The minimum Gasteiger partial charge on any atom is -0.381 e. The van der Waals surface area contributed by atoms with E-state index < -0.39 is 0 Å². The predicted octanol–water partition coefficient (Wildman–Crippen LogP) is 1.85. The number of methoxy groups -OCH3 is 1. The lowest BCUT2D eigenvalue weighted by Crippen LogP contribution is -2.48. The number of hydrogen-bond donors (Lipinski definition) is 1. The normalized spacial score (nSPS) is 20.6. The quantitative estimate of drug-likeness (QED) is 0.885. The summed E-state index contributed by atoms with van der Waals surface area (Å²) in [5.41, 5.74) is 2.02. The van der Waals surface area contributed by atoms with Gasteiger partial charge in [-0.2, -0.15) is 0 Å². The maximum atomic E-state index is 5.85. The van der Waals surface area contributed by atoms with Crippen LogP contribution in [0.1, 0.15) is 30.1 Å². The van der Waals surface area contributed by atoms with Gasteiger partial charge in [0, 0.05) is 45.1 Å². The van der Waals surface area contributed by atoms with Gasteiger partial charge in [-0.05, 0) is 25.6 Å². The molecule has 0 saturated carbocycles. The number of rotatable bonds is 4. The minimum absolute atomic E-state index is 0.152. The van der Waals surface area contributed by atoms with Crippen LogP contribution in [0.25, 0.3) is 0 Å². The van der Waals surface area contributed by atoms with Gasteiger partial charge in [0.2, 0.25) is 0 Å². The first-order valence-corrected chi connectivity index (χ1v) is 6.44. The SMILES string of the molecule is CNC(c1ccc(C)nc1)C1(OC)CCOCC1. The smallest absolute Gasteiger partial charge is 0.0916 e. The lowest BCUT2D eigenvalue weighted by Gasteiger charge is -2.42. The van der Waals surface area contributed by atoms with Crippen LogP contribution in [-0.2, 0) is 9.47 Å². The van der Waals surface area contributed by atoms with Gasteiger partial charge >= 0.3 is 0 Å². The van der Waals surface area contributed by atoms with E-state index >= 15 is 0 Å². The Hall–Kier alpha value is -0.970. The van der Waals surface area contributed by atoms with E-state index in [-0.39, 0.29) is 11.6 Å². The third-order valence-electron chi connectivity index (χ3n) is 3.83. The van der Waals surface area contributed by atoms with Crippen LogP contribution in [0.3, 0.4) is 0 Å². The molecule has 4 nitrogen and oxygen atoms in total. The molecule has 1 aromatic heterocycles. The highest BCUT2D eigenvalue weighted by atomic mass is 16.5. The van der Waals surface area contributed by atoms with Crippen LogP contribution in [-0.4, -0.2) is 38.0 Å². The highest BCUT2D eigenvalue weighted by Gasteiger charge is 2.40. The van der Waals surface area contributed by atoms with Gasteiger partial charge in [0.05, 0.1) is 11.6 Å². The van der Waals surface area contributed by atoms with E-state index in [1.807, 2.05) is 26.2 Å². The minimum atomic E-state index is -0.191. The second-order valence-corrected chi connectivity index (χ2v) is 4.84. The Kier molecular flexibility index (Phi) is 4.32. The maximum Gasteiger partial charge on any atom is 0.0916 e. The molecule has 100 valence electrons. The molecule has 1 unspecified atom stereocenters. The Morgan fingerprint density at radius 1 is 1.39 bits per heavy atom. The second kappa shape index (κ2) is 5.78. The van der Waals surface area contributed by atoms with Gasteiger partial charge in [0.1, 0.15) is 0 Å². The van der Waals surface area contributed by atoms with Crippen LogP contribution in [0, 0.1) is 6.92 Å². The fourth-order valence-electron chi connectivity index (χ4n) is 2.71. The van der Waals surface area contributed by atoms with Crippen molar-refractivity contribution in [3.05, 3.63) is 29.6 Å². The van der Waals surface area contributed by atoms with Crippen LogP contribution in [0.5, 0.6) is 0 Å². The summed E-state index contributed by atoms with van der Waals surface area (Å²) in [4.78, 5) is 4.38. The lowest BCUT2D eigenvalue weighted by molar-refractivity contribution is -0.110. The number of aromatic nitrogens is 1. The molecular weight excluding hydrogens is 228 g/mol. The van der Waals surface area contributed by atoms with Crippen LogP contribution < -0.4 is 5.32 Å². The van der Waals surface area contributed by atoms with Crippen LogP contribution in [0.15, 0.2) is 18.3 Å². The Morgan fingerprint density at radius 3 is 2.61 bits per heavy atom. The molecule has 1 aliphatic rings. The summed E-state index contributed by atoms with van der Waals surface area (Å²) in [7, 11) is 3.76. The molecule has 2 heterocycles. The zero-order valence-corrected chi connectivity index (χ0v) is 11.4. The lowest BCUT2D eigenvalue weighted by atomic mass is 9.82. The van der Waals surface area contributed by atoms with Crippen molar-refractivity contribution in [2.45, 2.75) is 31.4 Å². The summed E-state index contributed by atoms with van der Waals surface area (Å²) >= 11 is 0. The zero-order valence-electron chi connectivity index (χ0n) is 11.4. The Balaban J connectivity index is 2.27. The topological polar surface area (TPSA) is 43.4 Å². The van der Waals surface area contributed by atoms with Gasteiger partial charge in [0.25, 0.3) is 0 Å². The van der Waals surface area contributed by atoms with Crippen molar-refractivity contribution < 1.29 is 9.47 Å². The van der Waals surface area contributed by atoms with Crippen molar-refractivity contribution in [3.8, 4) is 0 Å². The molecule has 1 saturated heterocycles. The van der Waals surface area contributed by atoms with Crippen molar-refractivity contribution in [1.82, 2.24) is 10.3 Å². The zero-order chi connectivity index (χ0) is 13.0. The van der Waals surface area contributed by atoms with Crippen molar-refractivity contribution >= 4 is 0 Å². The van der Waals surface area contributed by atoms with E-state index in [1.165, 1.54) is 5.56 Å². The predicted molar refractivity (Wildman–Crippen MR) is 70.6 cm³/mol. The Morgan fingerprint density at radius 2 is 2.11 bits per heavy atom. The molecule has 1 atom stereocenters. The molecule has 0 amide bonds. The van der Waals surface area contributed by atoms with Crippen LogP contribution >= 0.6 is 0 Å². The monoisotopic (exact) mass is 250 g/mol. The van der Waals surface area contributed by atoms with Crippen molar-refractivity contribution in [3.63, 3.8) is 0 Å². The fraction of sp³-hybridized carbons (Fsp3) is 0.643. The fourth-order valence-corrected chi connectivity index (χ4v) is 2.71. The molecule has 1 fully saturated rings. The van der Waals surface area contributed by atoms with E-state index in [1.54, 1.807) is 7.11 Å². The van der Waals surface area contributed by atoms with Crippen molar-refractivity contribution in [1.29, 1.82) is 0 Å². The molecule has 0 aromatic carbocycles.